The molecule has 1 aromatic rings. The Labute approximate surface area is 85.4 Å². The molecule has 2 rings (SSSR count). The molecule has 2 heterocycles. The molecule has 7 nitrogen and oxygen atoms in total. The lowest BCUT2D eigenvalue weighted by Gasteiger charge is -2.26. The molecule has 1 aliphatic heterocycles. The summed E-state index contributed by atoms with van der Waals surface area (Å²) in [5, 5.41) is 14.6. The maximum atomic E-state index is 10.4. The van der Waals surface area contributed by atoms with Gasteiger partial charge in [-0.2, -0.15) is 4.98 Å². The predicted molar refractivity (Wildman–Crippen MR) is 47.2 cm³/mol. The summed E-state index contributed by atoms with van der Waals surface area (Å²) in [6.07, 6.45) is 1.44. The lowest BCUT2D eigenvalue weighted by atomic mass is 10.0. The van der Waals surface area contributed by atoms with Gasteiger partial charge in [-0.3, -0.25) is 0 Å². The molecule has 1 amide bonds. The van der Waals surface area contributed by atoms with Crippen molar-refractivity contribution in [3.63, 3.8) is 0 Å². The fourth-order valence-electron chi connectivity index (χ4n) is 1.56. The summed E-state index contributed by atoms with van der Waals surface area (Å²) < 4.78 is 10.0. The van der Waals surface area contributed by atoms with E-state index in [4.69, 9.17) is 9.84 Å². The minimum atomic E-state index is -1.03. The van der Waals surface area contributed by atoms with E-state index in [0.717, 1.165) is 0 Å². The Hall–Kier alpha value is -1.63. The van der Waals surface area contributed by atoms with E-state index in [9.17, 15) is 4.79 Å². The molecule has 0 aromatic carbocycles. The SMILES string of the molecule is O=C(O)N[C@@H]1CC[C@@H](c2ncon2)OC1. The van der Waals surface area contributed by atoms with Gasteiger partial charge >= 0.3 is 6.09 Å². The van der Waals surface area contributed by atoms with Crippen LogP contribution in [0.1, 0.15) is 24.8 Å². The second-order valence-electron chi connectivity index (χ2n) is 3.34. The first-order chi connectivity index (χ1) is 7.25. The van der Waals surface area contributed by atoms with Crippen LogP contribution in [0.5, 0.6) is 0 Å². The molecule has 7 heteroatoms. The third-order valence-corrected chi connectivity index (χ3v) is 2.27. The molecule has 15 heavy (non-hydrogen) atoms. The van der Waals surface area contributed by atoms with Gasteiger partial charge in [-0.1, -0.05) is 5.16 Å². The highest BCUT2D eigenvalue weighted by Crippen LogP contribution is 2.25. The molecule has 0 aliphatic carbocycles. The molecule has 2 atom stereocenters. The van der Waals surface area contributed by atoms with Crippen molar-refractivity contribution in [1.29, 1.82) is 0 Å². The number of nitrogens with zero attached hydrogens (tertiary/aromatic N) is 2. The second-order valence-corrected chi connectivity index (χ2v) is 3.34. The van der Waals surface area contributed by atoms with E-state index in [0.29, 0.717) is 25.3 Å². The van der Waals surface area contributed by atoms with E-state index in [1.165, 1.54) is 6.39 Å². The number of rotatable bonds is 2. The number of carboxylic acid groups (broad SMARTS) is 1. The molecule has 1 aromatic heterocycles. The average Bonchev–Trinajstić information content (AvgIpc) is 2.71. The number of aromatic nitrogens is 2. The average molecular weight is 213 g/mol. The van der Waals surface area contributed by atoms with Crippen LogP contribution in [0.15, 0.2) is 10.9 Å². The first-order valence-corrected chi connectivity index (χ1v) is 4.63. The number of hydrogen-bond donors (Lipinski definition) is 2. The standard InChI is InChI=1S/C8H11N3O4/c12-8(13)10-5-1-2-6(14-3-5)7-9-4-15-11-7/h4-6,10H,1-3H2,(H,12,13)/t5-,6+/m1/s1. The van der Waals surface area contributed by atoms with E-state index in [1.807, 2.05) is 0 Å². The zero-order chi connectivity index (χ0) is 10.7. The lowest BCUT2D eigenvalue weighted by molar-refractivity contribution is -0.00899. The molecule has 0 spiro atoms. The fourth-order valence-corrected chi connectivity index (χ4v) is 1.56. The normalized spacial score (nSPS) is 26.1. The monoisotopic (exact) mass is 213 g/mol. The van der Waals surface area contributed by atoms with Gasteiger partial charge in [0, 0.05) is 0 Å². The molecule has 1 saturated heterocycles. The third-order valence-electron chi connectivity index (χ3n) is 2.27. The summed E-state index contributed by atoms with van der Waals surface area (Å²) in [4.78, 5) is 14.3. The van der Waals surface area contributed by atoms with Crippen LogP contribution in [0.4, 0.5) is 4.79 Å². The molecule has 0 unspecified atom stereocenters. The van der Waals surface area contributed by atoms with Crippen molar-refractivity contribution in [3.05, 3.63) is 12.2 Å². The van der Waals surface area contributed by atoms with Crippen LogP contribution in [0.3, 0.4) is 0 Å². The van der Waals surface area contributed by atoms with Crippen LogP contribution >= 0.6 is 0 Å². The molecule has 0 radical (unpaired) electrons. The molecular weight excluding hydrogens is 202 g/mol. The first-order valence-electron chi connectivity index (χ1n) is 4.63. The second kappa shape index (κ2) is 4.26. The van der Waals surface area contributed by atoms with E-state index in [2.05, 4.69) is 20.0 Å². The maximum Gasteiger partial charge on any atom is 0.404 e. The summed E-state index contributed by atoms with van der Waals surface area (Å²) in [6.45, 7) is 0.339. The summed E-state index contributed by atoms with van der Waals surface area (Å²) >= 11 is 0. The minimum Gasteiger partial charge on any atom is -0.465 e. The van der Waals surface area contributed by atoms with Gasteiger partial charge in [0.05, 0.1) is 12.6 Å². The number of hydrogen-bond acceptors (Lipinski definition) is 5. The van der Waals surface area contributed by atoms with Gasteiger partial charge in [0.25, 0.3) is 0 Å². The van der Waals surface area contributed by atoms with Gasteiger partial charge < -0.3 is 19.7 Å². The Morgan fingerprint density at radius 2 is 2.47 bits per heavy atom. The Morgan fingerprint density at radius 3 is 3.00 bits per heavy atom. The van der Waals surface area contributed by atoms with E-state index in [-0.39, 0.29) is 12.1 Å². The van der Waals surface area contributed by atoms with Crippen LogP contribution in [0.25, 0.3) is 0 Å². The van der Waals surface area contributed by atoms with Crippen molar-refractivity contribution in [3.8, 4) is 0 Å². The largest absolute Gasteiger partial charge is 0.465 e. The van der Waals surface area contributed by atoms with Crippen LogP contribution in [0, 0.1) is 0 Å². The quantitative estimate of drug-likeness (QED) is 0.744. The van der Waals surface area contributed by atoms with Gasteiger partial charge in [-0.25, -0.2) is 4.79 Å². The van der Waals surface area contributed by atoms with E-state index in [1.54, 1.807) is 0 Å². The Balaban J connectivity index is 1.84. The number of ether oxygens (including phenoxy) is 1. The molecular formula is C8H11N3O4. The molecule has 1 aliphatic rings. The Bertz CT molecular complexity index is 319. The number of amides is 1. The summed E-state index contributed by atoms with van der Waals surface area (Å²) in [5.74, 6) is 0.517. The van der Waals surface area contributed by atoms with Crippen molar-refractivity contribution in [2.45, 2.75) is 25.0 Å². The van der Waals surface area contributed by atoms with Crippen LogP contribution in [-0.2, 0) is 4.74 Å². The topological polar surface area (TPSA) is 97.5 Å². The van der Waals surface area contributed by atoms with Gasteiger partial charge in [0.2, 0.25) is 6.39 Å². The molecule has 0 bridgehead atoms. The third kappa shape index (κ3) is 2.44. The zero-order valence-corrected chi connectivity index (χ0v) is 7.92. The lowest BCUT2D eigenvalue weighted by Crippen LogP contribution is -2.40. The highest BCUT2D eigenvalue weighted by atomic mass is 16.5. The van der Waals surface area contributed by atoms with Gasteiger partial charge in [-0.05, 0) is 12.8 Å². The van der Waals surface area contributed by atoms with Gasteiger partial charge in [-0.15, -0.1) is 0 Å². The fraction of sp³-hybridized carbons (Fsp3) is 0.625. The summed E-state index contributed by atoms with van der Waals surface area (Å²) in [7, 11) is 0. The maximum absolute atomic E-state index is 10.4. The van der Waals surface area contributed by atoms with Crippen LogP contribution in [0.2, 0.25) is 0 Å². The van der Waals surface area contributed by atoms with Gasteiger partial charge in [0.15, 0.2) is 5.82 Å². The molecule has 0 saturated carbocycles. The molecule has 82 valence electrons. The van der Waals surface area contributed by atoms with Crippen molar-refractivity contribution in [1.82, 2.24) is 15.5 Å². The molecule has 1 fully saturated rings. The number of nitrogens with one attached hydrogen (secondary N) is 1. The summed E-state index contributed by atoms with van der Waals surface area (Å²) in [6, 6.07) is -0.148. The van der Waals surface area contributed by atoms with Crippen molar-refractivity contribution >= 4 is 6.09 Å². The van der Waals surface area contributed by atoms with Crippen molar-refractivity contribution < 1.29 is 19.2 Å². The predicted octanol–water partition coefficient (Wildman–Crippen LogP) is 0.557. The first kappa shape index (κ1) is 9.91. The number of carbonyl (C=O) groups is 1. The van der Waals surface area contributed by atoms with Crippen molar-refractivity contribution in [2.24, 2.45) is 0 Å². The Morgan fingerprint density at radius 1 is 1.60 bits per heavy atom. The summed E-state index contributed by atoms with van der Waals surface area (Å²) in [5.41, 5.74) is 0. The Kier molecular flexibility index (Phi) is 2.82. The van der Waals surface area contributed by atoms with E-state index >= 15 is 0 Å². The van der Waals surface area contributed by atoms with E-state index < -0.39 is 6.09 Å². The smallest absolute Gasteiger partial charge is 0.404 e. The highest BCUT2D eigenvalue weighted by Gasteiger charge is 2.26. The van der Waals surface area contributed by atoms with Crippen LogP contribution < -0.4 is 5.32 Å². The van der Waals surface area contributed by atoms with Gasteiger partial charge in [0.1, 0.15) is 6.10 Å². The highest BCUT2D eigenvalue weighted by molar-refractivity contribution is 5.64. The molecule has 2 N–H and O–H groups in total. The minimum absolute atomic E-state index is 0.148. The van der Waals surface area contributed by atoms with Crippen molar-refractivity contribution in [2.75, 3.05) is 6.61 Å². The zero-order valence-electron chi connectivity index (χ0n) is 7.92. The van der Waals surface area contributed by atoms with Crippen LogP contribution in [-0.4, -0.2) is 34.0 Å².